The summed E-state index contributed by atoms with van der Waals surface area (Å²) in [5.41, 5.74) is 3.41. The Hall–Kier alpha value is -2.35. The third kappa shape index (κ3) is 4.63. The van der Waals surface area contributed by atoms with E-state index >= 15 is 0 Å². The number of carbonyl (C=O) groups is 1. The van der Waals surface area contributed by atoms with Crippen molar-refractivity contribution in [3.8, 4) is 0 Å². The number of fused-ring (bicyclic) bond motifs is 1. The first-order valence-corrected chi connectivity index (χ1v) is 11.2. The molecule has 0 bridgehead atoms. The van der Waals surface area contributed by atoms with Crippen LogP contribution in [0.3, 0.4) is 0 Å². The number of anilines is 1. The van der Waals surface area contributed by atoms with Gasteiger partial charge in [-0.3, -0.25) is 4.79 Å². The molecule has 29 heavy (non-hydrogen) atoms. The first-order valence-electron chi connectivity index (χ1n) is 8.76. The first-order chi connectivity index (χ1) is 14.0. The molecule has 144 valence electrons. The molecule has 0 radical (unpaired) electrons. The molecule has 4 nitrogen and oxygen atoms in total. The van der Waals surface area contributed by atoms with E-state index in [0.717, 1.165) is 30.3 Å². The summed E-state index contributed by atoms with van der Waals surface area (Å²) in [5.74, 6) is -0.240. The van der Waals surface area contributed by atoms with Crippen LogP contribution in [0.15, 0.2) is 80.8 Å². The van der Waals surface area contributed by atoms with Crippen molar-refractivity contribution in [1.29, 1.82) is 0 Å². The molecule has 0 unspecified atom stereocenters. The van der Waals surface area contributed by atoms with Crippen LogP contribution in [0.2, 0.25) is 0 Å². The second kappa shape index (κ2) is 8.57. The molecule has 4 aromatic rings. The molecular weight excluding hydrogens is 514 g/mol. The zero-order chi connectivity index (χ0) is 20.4. The van der Waals surface area contributed by atoms with Crippen molar-refractivity contribution in [2.24, 2.45) is 5.10 Å². The molecule has 0 fully saturated rings. The molecule has 1 heterocycles. The second-order valence-electron chi connectivity index (χ2n) is 6.39. The van der Waals surface area contributed by atoms with Crippen molar-refractivity contribution in [2.75, 3.05) is 5.01 Å². The minimum absolute atomic E-state index is 0.240. The maximum Gasteiger partial charge on any atom is 0.280 e. The fraction of sp³-hybridized carbons (Fsp3) is 0.0455. The highest BCUT2D eigenvalue weighted by Crippen LogP contribution is 2.31. The maximum atomic E-state index is 13.3. The van der Waals surface area contributed by atoms with Crippen molar-refractivity contribution in [3.63, 3.8) is 0 Å². The number of hydrogen-bond donors (Lipinski definition) is 0. The van der Waals surface area contributed by atoms with Crippen molar-refractivity contribution in [2.45, 2.75) is 6.92 Å². The van der Waals surface area contributed by atoms with E-state index in [9.17, 15) is 4.79 Å². The van der Waals surface area contributed by atoms with Crippen LogP contribution in [0, 0.1) is 6.92 Å². The van der Waals surface area contributed by atoms with E-state index < -0.39 is 0 Å². The summed E-state index contributed by atoms with van der Waals surface area (Å²) < 4.78 is 2.84. The Morgan fingerprint density at radius 1 is 1.03 bits per heavy atom. The maximum absolute atomic E-state index is 13.3. The van der Waals surface area contributed by atoms with Crippen LogP contribution < -0.4 is 5.01 Å². The number of aryl methyl sites for hydroxylation is 1. The Balaban J connectivity index is 1.76. The highest BCUT2D eigenvalue weighted by atomic mass is 79.9. The number of benzene rings is 3. The Labute approximate surface area is 189 Å². The van der Waals surface area contributed by atoms with Gasteiger partial charge in [0.2, 0.25) is 5.13 Å². The lowest BCUT2D eigenvalue weighted by molar-refractivity contribution is 0.0988. The summed E-state index contributed by atoms with van der Waals surface area (Å²) in [5, 5.41) is 6.39. The van der Waals surface area contributed by atoms with Gasteiger partial charge in [-0.2, -0.15) is 10.1 Å². The number of nitrogens with zero attached hydrogens (tertiary/aromatic N) is 3. The van der Waals surface area contributed by atoms with Crippen LogP contribution in [0.5, 0.6) is 0 Å². The van der Waals surface area contributed by atoms with Gasteiger partial charge in [0, 0.05) is 14.5 Å². The molecule has 0 N–H and O–H groups in total. The van der Waals surface area contributed by atoms with E-state index in [1.165, 1.54) is 16.3 Å². The predicted molar refractivity (Wildman–Crippen MR) is 127 cm³/mol. The molecule has 1 aromatic heterocycles. The van der Waals surface area contributed by atoms with Gasteiger partial charge in [0.05, 0.1) is 16.4 Å². The van der Waals surface area contributed by atoms with E-state index in [4.69, 9.17) is 0 Å². The van der Waals surface area contributed by atoms with E-state index in [0.29, 0.717) is 10.7 Å². The molecule has 0 aliphatic heterocycles. The lowest BCUT2D eigenvalue weighted by Crippen LogP contribution is -2.25. The quantitative estimate of drug-likeness (QED) is 0.216. The lowest BCUT2D eigenvalue weighted by Gasteiger charge is -2.14. The third-order valence-corrected chi connectivity index (χ3v) is 6.19. The molecule has 4 rings (SSSR count). The first kappa shape index (κ1) is 19.9. The molecule has 3 aromatic carbocycles. The Bertz CT molecular complexity index is 1220. The van der Waals surface area contributed by atoms with E-state index in [1.807, 2.05) is 55.5 Å². The lowest BCUT2D eigenvalue weighted by atomic mass is 10.2. The zero-order valence-corrected chi connectivity index (χ0v) is 19.3. The normalized spacial score (nSPS) is 11.3. The van der Waals surface area contributed by atoms with Crippen molar-refractivity contribution >= 4 is 70.7 Å². The van der Waals surface area contributed by atoms with Crippen molar-refractivity contribution < 1.29 is 4.79 Å². The minimum atomic E-state index is -0.240. The monoisotopic (exact) mass is 527 g/mol. The number of thiazole rings is 1. The summed E-state index contributed by atoms with van der Waals surface area (Å²) in [7, 11) is 0. The SMILES string of the molecule is Cc1ccc2nc(N(/N=C/c3ccc(Br)cc3)C(=O)c3cccc(Br)c3)sc2c1. The smallest absolute Gasteiger partial charge is 0.267 e. The van der Waals surface area contributed by atoms with Crippen LogP contribution >= 0.6 is 43.2 Å². The van der Waals surface area contributed by atoms with Crippen LogP contribution in [-0.2, 0) is 0 Å². The Morgan fingerprint density at radius 2 is 1.83 bits per heavy atom. The molecule has 0 aliphatic carbocycles. The van der Waals surface area contributed by atoms with Crippen LogP contribution in [0.1, 0.15) is 21.5 Å². The average molecular weight is 529 g/mol. The van der Waals surface area contributed by atoms with Gasteiger partial charge in [-0.1, -0.05) is 67.5 Å². The zero-order valence-electron chi connectivity index (χ0n) is 15.3. The molecule has 0 atom stereocenters. The molecule has 7 heteroatoms. The number of aromatic nitrogens is 1. The molecular formula is C22H15Br2N3OS. The summed E-state index contributed by atoms with van der Waals surface area (Å²) >= 11 is 8.30. The highest BCUT2D eigenvalue weighted by molar-refractivity contribution is 9.10. The fourth-order valence-corrected chi connectivity index (χ4v) is 4.40. The molecule has 0 saturated carbocycles. The predicted octanol–water partition coefficient (Wildman–Crippen LogP) is 6.81. The van der Waals surface area contributed by atoms with Gasteiger partial charge in [-0.25, -0.2) is 4.98 Å². The van der Waals surface area contributed by atoms with Crippen molar-refractivity contribution in [1.82, 2.24) is 4.98 Å². The number of carbonyl (C=O) groups excluding carboxylic acids is 1. The Morgan fingerprint density at radius 3 is 2.59 bits per heavy atom. The molecule has 1 amide bonds. The summed E-state index contributed by atoms with van der Waals surface area (Å²) in [6.07, 6.45) is 1.67. The van der Waals surface area contributed by atoms with E-state index in [1.54, 1.807) is 18.3 Å². The number of hydrazone groups is 1. The summed E-state index contributed by atoms with van der Waals surface area (Å²) in [6.45, 7) is 2.04. The third-order valence-electron chi connectivity index (χ3n) is 4.17. The average Bonchev–Trinajstić information content (AvgIpc) is 3.12. The molecule has 0 saturated heterocycles. The standard InChI is InChI=1S/C22H15Br2N3OS/c1-14-5-10-19-20(11-14)29-22(26-19)27(21(28)16-3-2-4-18(24)12-16)25-13-15-6-8-17(23)9-7-15/h2-13H,1H3/b25-13+. The van der Waals surface area contributed by atoms with Gasteiger partial charge in [-0.15, -0.1) is 0 Å². The van der Waals surface area contributed by atoms with Crippen LogP contribution in [-0.4, -0.2) is 17.1 Å². The number of halogens is 2. The fourth-order valence-electron chi connectivity index (χ4n) is 2.72. The van der Waals surface area contributed by atoms with Gasteiger partial charge < -0.3 is 0 Å². The summed E-state index contributed by atoms with van der Waals surface area (Å²) in [4.78, 5) is 17.9. The van der Waals surface area contributed by atoms with Gasteiger partial charge in [0.25, 0.3) is 5.91 Å². The largest absolute Gasteiger partial charge is 0.280 e. The van der Waals surface area contributed by atoms with Gasteiger partial charge >= 0.3 is 0 Å². The topological polar surface area (TPSA) is 45.6 Å². The summed E-state index contributed by atoms with van der Waals surface area (Å²) in [6, 6.07) is 21.0. The van der Waals surface area contributed by atoms with Gasteiger partial charge in [-0.05, 0) is 60.5 Å². The number of hydrogen-bond acceptors (Lipinski definition) is 4. The van der Waals surface area contributed by atoms with E-state index in [-0.39, 0.29) is 5.91 Å². The van der Waals surface area contributed by atoms with Gasteiger partial charge in [0.1, 0.15) is 0 Å². The van der Waals surface area contributed by atoms with Gasteiger partial charge in [0.15, 0.2) is 0 Å². The number of rotatable bonds is 4. The highest BCUT2D eigenvalue weighted by Gasteiger charge is 2.21. The second-order valence-corrected chi connectivity index (χ2v) is 9.23. The molecule has 0 aliphatic rings. The van der Waals surface area contributed by atoms with E-state index in [2.05, 4.69) is 48.0 Å². The Kier molecular flexibility index (Phi) is 5.89. The van der Waals surface area contributed by atoms with Crippen molar-refractivity contribution in [3.05, 3.63) is 92.4 Å². The molecule has 0 spiro atoms. The van der Waals surface area contributed by atoms with Crippen LogP contribution in [0.25, 0.3) is 10.2 Å². The minimum Gasteiger partial charge on any atom is -0.267 e. The van der Waals surface area contributed by atoms with Crippen LogP contribution in [0.4, 0.5) is 5.13 Å². The number of amides is 1.